The Bertz CT molecular complexity index is 258. The number of aryl methyl sites for hydroxylation is 1. The van der Waals surface area contributed by atoms with Crippen molar-refractivity contribution in [3.8, 4) is 0 Å². The summed E-state index contributed by atoms with van der Waals surface area (Å²) in [5, 5.41) is 0. The van der Waals surface area contributed by atoms with E-state index in [1.807, 2.05) is 6.92 Å². The van der Waals surface area contributed by atoms with Crippen molar-refractivity contribution < 1.29 is 8.76 Å². The van der Waals surface area contributed by atoms with Gasteiger partial charge < -0.3 is 4.55 Å². The zero-order valence-corrected chi connectivity index (χ0v) is 6.93. The van der Waals surface area contributed by atoms with Crippen LogP contribution in [0.4, 0.5) is 0 Å². The summed E-state index contributed by atoms with van der Waals surface area (Å²) in [4.78, 5) is 3.96. The summed E-state index contributed by atoms with van der Waals surface area (Å²) >= 11 is -2.01. The highest BCUT2D eigenvalue weighted by atomic mass is 32.2. The molecule has 1 unspecified atom stereocenters. The van der Waals surface area contributed by atoms with Gasteiger partial charge in [-0.15, -0.1) is 0 Å². The van der Waals surface area contributed by atoms with Gasteiger partial charge in [-0.25, -0.2) is 0 Å². The van der Waals surface area contributed by atoms with E-state index in [1.165, 1.54) is 0 Å². The number of rotatable bonds is 2. The third kappa shape index (κ3) is 2.78. The van der Waals surface area contributed by atoms with Gasteiger partial charge in [-0.1, -0.05) is 17.1 Å². The third-order valence-electron chi connectivity index (χ3n) is 1.26. The molecule has 0 amide bonds. The van der Waals surface area contributed by atoms with E-state index in [1.54, 1.807) is 18.3 Å². The number of pyridine rings is 1. The van der Waals surface area contributed by atoms with E-state index in [4.69, 9.17) is 0 Å². The van der Waals surface area contributed by atoms with Crippen molar-refractivity contribution in [1.29, 1.82) is 0 Å². The lowest BCUT2D eigenvalue weighted by molar-refractivity contribution is 0.536. The van der Waals surface area contributed by atoms with Crippen LogP contribution in [0.2, 0.25) is 0 Å². The molecule has 0 spiro atoms. The van der Waals surface area contributed by atoms with Crippen molar-refractivity contribution in [2.75, 3.05) is 0 Å². The van der Waals surface area contributed by atoms with E-state index in [0.29, 0.717) is 0 Å². The van der Waals surface area contributed by atoms with E-state index in [9.17, 15) is 8.76 Å². The van der Waals surface area contributed by atoms with Gasteiger partial charge in [0.25, 0.3) is 0 Å². The van der Waals surface area contributed by atoms with Crippen LogP contribution >= 0.6 is 0 Å². The molecule has 0 bridgehead atoms. The maximum Gasteiger partial charge on any atom is 0.0372 e. The first kappa shape index (κ1) is 8.36. The van der Waals surface area contributed by atoms with Gasteiger partial charge in [0.05, 0.1) is 0 Å². The van der Waals surface area contributed by atoms with Gasteiger partial charge in [-0.05, 0) is 18.6 Å². The first-order valence-corrected chi connectivity index (χ1v) is 4.40. The fourth-order valence-corrected chi connectivity index (χ4v) is 1.16. The number of hydrogen-bond donors (Lipinski definition) is 0. The summed E-state index contributed by atoms with van der Waals surface area (Å²) in [6, 6.07) is 3.56. The topological polar surface area (TPSA) is 53.0 Å². The predicted octanol–water partition coefficient (Wildman–Crippen LogP) is 0.769. The number of aromatic nitrogens is 1. The first-order valence-electron chi connectivity index (χ1n) is 3.16. The number of hydrogen-bond acceptors (Lipinski definition) is 3. The molecule has 0 saturated carbocycles. The molecule has 1 aromatic heterocycles. The van der Waals surface area contributed by atoms with E-state index >= 15 is 0 Å². The Labute approximate surface area is 67.8 Å². The molecular weight excluding hydrogens is 162 g/mol. The Kier molecular flexibility index (Phi) is 2.73. The van der Waals surface area contributed by atoms with Gasteiger partial charge in [-0.2, -0.15) is 0 Å². The van der Waals surface area contributed by atoms with E-state index < -0.39 is 11.1 Å². The molecule has 60 valence electrons. The smallest absolute Gasteiger partial charge is 0.0372 e. The highest BCUT2D eigenvalue weighted by Gasteiger charge is 1.91. The zero-order valence-electron chi connectivity index (χ0n) is 6.11. The second kappa shape index (κ2) is 3.59. The lowest BCUT2D eigenvalue weighted by atomic mass is 10.3. The standard InChI is InChI=1S/C7H9NO2S/c1-6-2-3-7(4-8-6)5-11(9)10/h2-4H,5H2,1H3,(H,9,10)/p-1. The maximum absolute atomic E-state index is 10.2. The van der Waals surface area contributed by atoms with Crippen LogP contribution in [-0.4, -0.2) is 13.7 Å². The van der Waals surface area contributed by atoms with E-state index in [-0.39, 0.29) is 5.75 Å². The zero-order chi connectivity index (χ0) is 8.27. The van der Waals surface area contributed by atoms with Crippen molar-refractivity contribution in [2.24, 2.45) is 0 Å². The minimum atomic E-state index is -2.01. The Hall–Kier alpha value is -0.740. The highest BCUT2D eigenvalue weighted by molar-refractivity contribution is 7.78. The molecule has 3 nitrogen and oxygen atoms in total. The molecule has 0 radical (unpaired) electrons. The summed E-state index contributed by atoms with van der Waals surface area (Å²) in [5.41, 5.74) is 1.62. The van der Waals surface area contributed by atoms with Crippen LogP contribution in [0.15, 0.2) is 18.3 Å². The van der Waals surface area contributed by atoms with Gasteiger partial charge in [0.1, 0.15) is 0 Å². The molecule has 0 aliphatic rings. The second-order valence-electron chi connectivity index (χ2n) is 2.26. The summed E-state index contributed by atoms with van der Waals surface area (Å²) in [6.45, 7) is 1.86. The van der Waals surface area contributed by atoms with Crippen LogP contribution in [0.3, 0.4) is 0 Å². The number of nitrogens with zero attached hydrogens (tertiary/aromatic N) is 1. The molecular formula is C7H8NO2S-. The molecule has 0 aromatic carbocycles. The second-order valence-corrected chi connectivity index (χ2v) is 3.15. The molecule has 11 heavy (non-hydrogen) atoms. The Morgan fingerprint density at radius 2 is 2.36 bits per heavy atom. The first-order chi connectivity index (χ1) is 5.18. The maximum atomic E-state index is 10.2. The van der Waals surface area contributed by atoms with Gasteiger partial charge in [0.2, 0.25) is 0 Å². The average Bonchev–Trinajstić information content (AvgIpc) is 1.93. The van der Waals surface area contributed by atoms with E-state index in [0.717, 1.165) is 11.3 Å². The third-order valence-corrected chi connectivity index (χ3v) is 1.83. The van der Waals surface area contributed by atoms with Crippen molar-refractivity contribution in [3.63, 3.8) is 0 Å². The quantitative estimate of drug-likeness (QED) is 0.616. The molecule has 1 rings (SSSR count). The largest absolute Gasteiger partial charge is 0.772 e. The summed E-state index contributed by atoms with van der Waals surface area (Å²) in [5.74, 6) is 0.0489. The minimum Gasteiger partial charge on any atom is -0.772 e. The van der Waals surface area contributed by atoms with Crippen LogP contribution in [0.1, 0.15) is 11.3 Å². The normalized spacial score (nSPS) is 12.9. The molecule has 0 N–H and O–H groups in total. The molecule has 0 aliphatic heterocycles. The molecule has 1 atom stereocenters. The molecule has 1 aromatic rings. The SMILES string of the molecule is Cc1ccc(CS(=O)[O-])cn1. The molecule has 0 saturated heterocycles. The summed E-state index contributed by atoms with van der Waals surface area (Å²) in [6.07, 6.45) is 1.57. The molecule has 1 heterocycles. The van der Waals surface area contributed by atoms with Gasteiger partial charge in [0, 0.05) is 17.6 Å². The Balaban J connectivity index is 2.74. The average molecular weight is 170 g/mol. The lowest BCUT2D eigenvalue weighted by Gasteiger charge is -2.03. The van der Waals surface area contributed by atoms with Crippen LogP contribution in [0.5, 0.6) is 0 Å². The van der Waals surface area contributed by atoms with Crippen molar-refractivity contribution in [3.05, 3.63) is 29.6 Å². The molecule has 0 aliphatic carbocycles. The van der Waals surface area contributed by atoms with E-state index in [2.05, 4.69) is 4.98 Å². The summed E-state index contributed by atoms with van der Waals surface area (Å²) in [7, 11) is 0. The van der Waals surface area contributed by atoms with Gasteiger partial charge in [0.15, 0.2) is 0 Å². The highest BCUT2D eigenvalue weighted by Crippen LogP contribution is 2.01. The molecule has 0 fully saturated rings. The van der Waals surface area contributed by atoms with Gasteiger partial charge in [-0.3, -0.25) is 9.19 Å². The monoisotopic (exact) mass is 170 g/mol. The Morgan fingerprint density at radius 3 is 2.82 bits per heavy atom. The van der Waals surface area contributed by atoms with Crippen LogP contribution < -0.4 is 0 Å². The minimum absolute atomic E-state index is 0.0489. The summed E-state index contributed by atoms with van der Waals surface area (Å²) < 4.78 is 20.5. The van der Waals surface area contributed by atoms with Crippen LogP contribution in [-0.2, 0) is 16.8 Å². The van der Waals surface area contributed by atoms with Crippen molar-refractivity contribution in [2.45, 2.75) is 12.7 Å². The van der Waals surface area contributed by atoms with Crippen molar-refractivity contribution >= 4 is 11.1 Å². The lowest BCUT2D eigenvalue weighted by Crippen LogP contribution is -1.94. The fourth-order valence-electron chi connectivity index (χ4n) is 0.720. The van der Waals surface area contributed by atoms with Crippen LogP contribution in [0.25, 0.3) is 0 Å². The predicted molar refractivity (Wildman–Crippen MR) is 41.6 cm³/mol. The van der Waals surface area contributed by atoms with Crippen LogP contribution in [0, 0.1) is 6.92 Å². The Morgan fingerprint density at radius 1 is 1.64 bits per heavy atom. The molecule has 4 heteroatoms. The fraction of sp³-hybridized carbons (Fsp3) is 0.286. The van der Waals surface area contributed by atoms with Gasteiger partial charge >= 0.3 is 0 Å². The van der Waals surface area contributed by atoms with Crippen molar-refractivity contribution in [1.82, 2.24) is 4.98 Å².